The summed E-state index contributed by atoms with van der Waals surface area (Å²) in [5.74, 6) is -1.34. The Labute approximate surface area is 117 Å². The van der Waals surface area contributed by atoms with Crippen molar-refractivity contribution in [1.82, 2.24) is 10.4 Å². The minimum absolute atomic E-state index is 0.0338. The number of amides is 1. The zero-order valence-corrected chi connectivity index (χ0v) is 11.4. The van der Waals surface area contributed by atoms with Gasteiger partial charge in [-0.1, -0.05) is 26.0 Å². The maximum Gasteiger partial charge on any atom is 0.422 e. The fourth-order valence-corrected chi connectivity index (χ4v) is 1.63. The van der Waals surface area contributed by atoms with E-state index in [9.17, 15) is 9.59 Å². The minimum atomic E-state index is -1.24. The van der Waals surface area contributed by atoms with Crippen LogP contribution in [-0.2, 0) is 11.3 Å². The topological polar surface area (TPSA) is 116 Å². The molecule has 1 aromatic rings. The highest BCUT2D eigenvalue weighted by molar-refractivity contribution is 5.74. The molecule has 0 heterocycles. The first-order valence-corrected chi connectivity index (χ1v) is 6.15. The summed E-state index contributed by atoms with van der Waals surface area (Å²) >= 11 is 0. The first-order valence-electron chi connectivity index (χ1n) is 6.15. The van der Waals surface area contributed by atoms with E-state index in [0.717, 1.165) is 5.01 Å². The summed E-state index contributed by atoms with van der Waals surface area (Å²) < 4.78 is 0. The van der Waals surface area contributed by atoms with E-state index in [1.807, 2.05) is 0 Å². The average Bonchev–Trinajstić information content (AvgIpc) is 2.35. The van der Waals surface area contributed by atoms with Crippen molar-refractivity contribution >= 4 is 17.7 Å². The Balaban J connectivity index is 2.81. The van der Waals surface area contributed by atoms with Gasteiger partial charge in [-0.2, -0.15) is 0 Å². The van der Waals surface area contributed by atoms with Gasteiger partial charge in [0, 0.05) is 5.69 Å². The van der Waals surface area contributed by atoms with Gasteiger partial charge in [0.1, 0.15) is 6.04 Å². The third kappa shape index (κ3) is 4.43. The number of hydrogen-bond acceptors (Lipinski definition) is 4. The van der Waals surface area contributed by atoms with E-state index in [0.29, 0.717) is 11.3 Å². The monoisotopic (exact) mass is 281 g/mol. The van der Waals surface area contributed by atoms with Gasteiger partial charge in [-0.3, -0.25) is 4.79 Å². The van der Waals surface area contributed by atoms with Crippen molar-refractivity contribution in [3.8, 4) is 0 Å². The number of nitrogens with one attached hydrogen (secondary N) is 1. The number of rotatable bonds is 6. The molecule has 0 saturated heterocycles. The molecule has 110 valence electrons. The maximum absolute atomic E-state index is 11.2. The van der Waals surface area contributed by atoms with E-state index < -0.39 is 18.1 Å². The van der Waals surface area contributed by atoms with Crippen LogP contribution >= 0.6 is 0 Å². The summed E-state index contributed by atoms with van der Waals surface area (Å²) in [7, 11) is 0. The summed E-state index contributed by atoms with van der Waals surface area (Å²) in [6.45, 7) is 3.44. The molecule has 7 heteroatoms. The third-order valence-electron chi connectivity index (χ3n) is 2.78. The SMILES string of the molecule is CC(C)[C@H](NN(Cc1ccc(N)cc1)C(=O)O)C(=O)O. The normalized spacial score (nSPS) is 12.2. The number of anilines is 1. The second-order valence-electron chi connectivity index (χ2n) is 4.80. The first-order chi connectivity index (χ1) is 9.31. The molecule has 0 fully saturated rings. The molecule has 20 heavy (non-hydrogen) atoms. The van der Waals surface area contributed by atoms with Crippen LogP contribution in [0.15, 0.2) is 24.3 Å². The number of nitrogen functional groups attached to an aromatic ring is 1. The van der Waals surface area contributed by atoms with Gasteiger partial charge < -0.3 is 15.9 Å². The van der Waals surface area contributed by atoms with Gasteiger partial charge in [0.15, 0.2) is 0 Å². The van der Waals surface area contributed by atoms with E-state index in [2.05, 4.69) is 5.43 Å². The summed E-state index contributed by atoms with van der Waals surface area (Å²) in [4.78, 5) is 22.3. The largest absolute Gasteiger partial charge is 0.480 e. The molecule has 0 aliphatic heterocycles. The van der Waals surface area contributed by atoms with Gasteiger partial charge in [0.2, 0.25) is 0 Å². The fraction of sp³-hybridized carbons (Fsp3) is 0.385. The first kappa shape index (κ1) is 15.8. The summed E-state index contributed by atoms with van der Waals surface area (Å²) in [6, 6.07) is 5.73. The van der Waals surface area contributed by atoms with Gasteiger partial charge in [0.05, 0.1) is 6.54 Å². The van der Waals surface area contributed by atoms with Gasteiger partial charge in [0.25, 0.3) is 0 Å². The van der Waals surface area contributed by atoms with Gasteiger partial charge in [-0.25, -0.2) is 15.2 Å². The highest BCUT2D eigenvalue weighted by Crippen LogP contribution is 2.09. The second-order valence-corrected chi connectivity index (χ2v) is 4.80. The summed E-state index contributed by atoms with van der Waals surface area (Å²) in [6.07, 6.45) is -1.24. The number of nitrogens with two attached hydrogens (primary N) is 1. The summed E-state index contributed by atoms with van der Waals surface area (Å²) in [5.41, 5.74) is 9.36. The molecule has 0 aliphatic rings. The molecule has 5 N–H and O–H groups in total. The molecule has 0 saturated carbocycles. The lowest BCUT2D eigenvalue weighted by Crippen LogP contribution is -2.52. The maximum atomic E-state index is 11.2. The van der Waals surface area contributed by atoms with Crippen LogP contribution in [0.4, 0.5) is 10.5 Å². The molecule has 0 radical (unpaired) electrons. The quantitative estimate of drug-likeness (QED) is 0.462. The van der Waals surface area contributed by atoms with Crippen molar-refractivity contribution in [3.05, 3.63) is 29.8 Å². The highest BCUT2D eigenvalue weighted by Gasteiger charge is 2.26. The van der Waals surface area contributed by atoms with Crippen molar-refractivity contribution in [3.63, 3.8) is 0 Å². The number of carbonyl (C=O) groups is 2. The van der Waals surface area contributed by atoms with Crippen molar-refractivity contribution in [1.29, 1.82) is 0 Å². The van der Waals surface area contributed by atoms with E-state index in [4.69, 9.17) is 15.9 Å². The second kappa shape index (κ2) is 6.76. The Hall–Kier alpha value is -2.28. The Bertz CT molecular complexity index is 473. The number of carboxylic acid groups (broad SMARTS) is 2. The van der Waals surface area contributed by atoms with Crippen LogP contribution in [-0.4, -0.2) is 33.3 Å². The van der Waals surface area contributed by atoms with Crippen LogP contribution in [0.25, 0.3) is 0 Å². The van der Waals surface area contributed by atoms with Crippen molar-refractivity contribution < 1.29 is 19.8 Å². The lowest BCUT2D eigenvalue weighted by molar-refractivity contribution is -0.142. The molecule has 1 aromatic carbocycles. The Morgan fingerprint density at radius 3 is 2.20 bits per heavy atom. The van der Waals surface area contributed by atoms with Crippen molar-refractivity contribution in [2.75, 3.05) is 5.73 Å². The van der Waals surface area contributed by atoms with Gasteiger partial charge in [-0.15, -0.1) is 0 Å². The van der Waals surface area contributed by atoms with Crippen LogP contribution in [0.5, 0.6) is 0 Å². The minimum Gasteiger partial charge on any atom is -0.480 e. The Kier molecular flexibility index (Phi) is 5.33. The number of hydrazine groups is 1. The number of hydrogen-bond donors (Lipinski definition) is 4. The predicted molar refractivity (Wildman–Crippen MR) is 73.8 cm³/mol. The van der Waals surface area contributed by atoms with Gasteiger partial charge in [-0.05, 0) is 23.6 Å². The van der Waals surface area contributed by atoms with E-state index >= 15 is 0 Å². The lowest BCUT2D eigenvalue weighted by Gasteiger charge is -2.26. The van der Waals surface area contributed by atoms with Crippen LogP contribution in [0.2, 0.25) is 0 Å². The summed E-state index contributed by atoms with van der Waals surface area (Å²) in [5, 5.41) is 19.1. The van der Waals surface area contributed by atoms with E-state index in [1.54, 1.807) is 38.1 Å². The van der Waals surface area contributed by atoms with Crippen LogP contribution in [0.1, 0.15) is 19.4 Å². The molecule has 0 aliphatic carbocycles. The van der Waals surface area contributed by atoms with Crippen molar-refractivity contribution in [2.45, 2.75) is 26.4 Å². The average molecular weight is 281 g/mol. The van der Waals surface area contributed by atoms with E-state index in [-0.39, 0.29) is 12.5 Å². The molecule has 0 spiro atoms. The van der Waals surface area contributed by atoms with Crippen LogP contribution in [0, 0.1) is 5.92 Å². The molecular formula is C13H19N3O4. The molecule has 7 nitrogen and oxygen atoms in total. The van der Waals surface area contributed by atoms with E-state index in [1.165, 1.54) is 0 Å². The molecule has 0 unspecified atom stereocenters. The van der Waals surface area contributed by atoms with Gasteiger partial charge >= 0.3 is 12.1 Å². The smallest absolute Gasteiger partial charge is 0.422 e. The molecule has 1 rings (SSSR count). The Morgan fingerprint density at radius 2 is 1.80 bits per heavy atom. The number of benzene rings is 1. The molecule has 1 amide bonds. The number of carboxylic acids is 1. The molecule has 0 aromatic heterocycles. The lowest BCUT2D eigenvalue weighted by atomic mass is 10.1. The standard InChI is InChI=1S/C13H19N3O4/c1-8(2)11(12(17)18)15-16(13(19)20)7-9-3-5-10(14)6-4-9/h3-6,8,11,15H,7,14H2,1-2H3,(H,17,18)(H,19,20)/t11-/m0/s1. The molecular weight excluding hydrogens is 262 g/mol. The number of nitrogens with zero attached hydrogens (tertiary/aromatic N) is 1. The zero-order chi connectivity index (χ0) is 15.3. The van der Waals surface area contributed by atoms with Crippen LogP contribution < -0.4 is 11.2 Å². The Morgan fingerprint density at radius 1 is 1.25 bits per heavy atom. The fourth-order valence-electron chi connectivity index (χ4n) is 1.63. The van der Waals surface area contributed by atoms with Crippen LogP contribution in [0.3, 0.4) is 0 Å². The molecule has 0 bridgehead atoms. The highest BCUT2D eigenvalue weighted by atomic mass is 16.4. The van der Waals surface area contributed by atoms with Crippen molar-refractivity contribution in [2.24, 2.45) is 5.92 Å². The molecule has 1 atom stereocenters. The third-order valence-corrected chi connectivity index (χ3v) is 2.78. The zero-order valence-electron chi connectivity index (χ0n) is 11.4. The number of aliphatic carboxylic acids is 1. The predicted octanol–water partition coefficient (Wildman–Crippen LogP) is 1.36.